The van der Waals surface area contributed by atoms with Gasteiger partial charge in [-0.1, -0.05) is 12.1 Å². The number of nitrogens with one attached hydrogen (secondary N) is 1. The molecule has 3 rings (SSSR count). The molecule has 1 N–H and O–H groups in total. The van der Waals surface area contributed by atoms with E-state index in [0.717, 1.165) is 5.56 Å². The Labute approximate surface area is 196 Å². The first kappa shape index (κ1) is 26.2. The summed E-state index contributed by atoms with van der Waals surface area (Å²) in [6.45, 7) is 0. The molecule has 3 aromatic rings. The van der Waals surface area contributed by atoms with Gasteiger partial charge in [0.05, 0.1) is 11.1 Å². The molecule has 2 aromatic carbocycles. The van der Waals surface area contributed by atoms with Crippen molar-refractivity contribution in [3.05, 3.63) is 89.2 Å². The zero-order valence-electron chi connectivity index (χ0n) is 17.8. The molecule has 0 atom stereocenters. The van der Waals surface area contributed by atoms with E-state index in [1.54, 1.807) is 24.5 Å². The average Bonchev–Trinajstić information content (AvgIpc) is 2.78. The minimum absolute atomic E-state index is 0.0456. The van der Waals surface area contributed by atoms with Gasteiger partial charge in [-0.15, -0.1) is 0 Å². The van der Waals surface area contributed by atoms with Gasteiger partial charge in [0.25, 0.3) is 10.0 Å². The van der Waals surface area contributed by atoms with Crippen molar-refractivity contribution in [2.24, 2.45) is 0 Å². The van der Waals surface area contributed by atoms with Crippen molar-refractivity contribution >= 4 is 21.5 Å². The number of pyridine rings is 1. The Morgan fingerprint density at radius 2 is 1.46 bits per heavy atom. The summed E-state index contributed by atoms with van der Waals surface area (Å²) in [7, 11) is -5.03. The van der Waals surface area contributed by atoms with Crippen LogP contribution in [0.3, 0.4) is 0 Å². The Bertz CT molecular complexity index is 1290. The van der Waals surface area contributed by atoms with Gasteiger partial charge in [0.1, 0.15) is 10.7 Å². The molecule has 1 heterocycles. The maximum atomic E-state index is 13.3. The molecule has 0 aliphatic rings. The molecule has 0 bridgehead atoms. The highest BCUT2D eigenvalue weighted by Crippen LogP contribution is 2.38. The third-order valence-electron chi connectivity index (χ3n) is 4.95. The highest BCUT2D eigenvalue weighted by atomic mass is 32.2. The largest absolute Gasteiger partial charge is 0.417 e. The highest BCUT2D eigenvalue weighted by Gasteiger charge is 2.40. The Hall–Kier alpha value is -3.41. The summed E-state index contributed by atoms with van der Waals surface area (Å²) in [5.74, 6) is -0.0890. The van der Waals surface area contributed by atoms with E-state index in [1.807, 2.05) is 4.72 Å². The van der Waals surface area contributed by atoms with Gasteiger partial charge in [0.2, 0.25) is 0 Å². The fraction of sp³-hybridized carbons (Fsp3) is 0.217. The van der Waals surface area contributed by atoms with E-state index >= 15 is 0 Å². The number of aryl methyl sites for hydroxylation is 1. The van der Waals surface area contributed by atoms with E-state index in [-0.39, 0.29) is 42.5 Å². The predicted octanol–water partition coefficient (Wildman–Crippen LogP) is 5.66. The summed E-state index contributed by atoms with van der Waals surface area (Å²) >= 11 is 0. The fourth-order valence-electron chi connectivity index (χ4n) is 3.21. The smallest absolute Gasteiger partial charge is 0.299 e. The number of aromatic nitrogens is 1. The lowest BCUT2D eigenvalue weighted by Crippen LogP contribution is -2.20. The SMILES string of the molecule is O=C(CCc1ccncc1)Cc1ccc(NS(=O)(=O)c2cc(C(F)(F)F)ccc2C(F)(F)F)cc1. The van der Waals surface area contributed by atoms with Crippen molar-refractivity contribution in [2.45, 2.75) is 36.5 Å². The molecule has 0 aliphatic carbocycles. The second-order valence-electron chi connectivity index (χ2n) is 7.58. The second kappa shape index (κ2) is 10.1. The molecule has 5 nitrogen and oxygen atoms in total. The van der Waals surface area contributed by atoms with Crippen molar-refractivity contribution in [1.29, 1.82) is 0 Å². The van der Waals surface area contributed by atoms with Gasteiger partial charge in [-0.05, 0) is 60.0 Å². The predicted molar refractivity (Wildman–Crippen MR) is 115 cm³/mol. The number of hydrogen-bond acceptors (Lipinski definition) is 4. The number of carbonyl (C=O) groups is 1. The molecule has 0 saturated carbocycles. The first-order valence-corrected chi connectivity index (χ1v) is 11.5. The van der Waals surface area contributed by atoms with E-state index in [2.05, 4.69) is 4.98 Å². The maximum Gasteiger partial charge on any atom is 0.417 e. The van der Waals surface area contributed by atoms with E-state index in [1.165, 1.54) is 24.3 Å². The molecular weight excluding hydrogens is 498 g/mol. The van der Waals surface area contributed by atoms with Crippen LogP contribution in [0.25, 0.3) is 0 Å². The Morgan fingerprint density at radius 1 is 0.829 bits per heavy atom. The first-order chi connectivity index (χ1) is 16.3. The van der Waals surface area contributed by atoms with Crippen LogP contribution in [0, 0.1) is 0 Å². The highest BCUT2D eigenvalue weighted by molar-refractivity contribution is 7.92. The number of rotatable bonds is 8. The summed E-state index contributed by atoms with van der Waals surface area (Å²) in [6.07, 6.45) is -6.21. The third kappa shape index (κ3) is 7.04. The molecule has 0 aliphatic heterocycles. The Balaban J connectivity index is 1.75. The van der Waals surface area contributed by atoms with Crippen molar-refractivity contribution in [3.63, 3.8) is 0 Å². The van der Waals surface area contributed by atoms with Crippen molar-refractivity contribution in [3.8, 4) is 0 Å². The molecular formula is C23H18F6N2O3S. The molecule has 0 unspecified atom stereocenters. The monoisotopic (exact) mass is 516 g/mol. The maximum absolute atomic E-state index is 13.3. The molecule has 12 heteroatoms. The fourth-order valence-corrected chi connectivity index (χ4v) is 4.52. The van der Waals surface area contributed by atoms with Gasteiger partial charge < -0.3 is 0 Å². The number of nitrogens with zero attached hydrogens (tertiary/aromatic N) is 1. The van der Waals surface area contributed by atoms with Crippen LogP contribution >= 0.6 is 0 Å². The van der Waals surface area contributed by atoms with Gasteiger partial charge in [-0.25, -0.2) is 8.42 Å². The topological polar surface area (TPSA) is 76.1 Å². The summed E-state index contributed by atoms with van der Waals surface area (Å²) in [5.41, 5.74) is -1.97. The standard InChI is InChI=1S/C23H18F6N2O3S/c24-22(25,26)17-4-8-20(23(27,28)29)21(14-17)35(33,34)31-18-5-1-16(2-6-18)13-19(32)7-3-15-9-11-30-12-10-15/h1-2,4-6,8-12,14,31H,3,7,13H2. The van der Waals surface area contributed by atoms with Crippen LogP contribution in [-0.4, -0.2) is 19.2 Å². The zero-order valence-corrected chi connectivity index (χ0v) is 18.6. The number of hydrogen-bond donors (Lipinski definition) is 1. The van der Waals surface area contributed by atoms with E-state index in [9.17, 15) is 39.6 Å². The van der Waals surface area contributed by atoms with Crippen molar-refractivity contribution in [1.82, 2.24) is 4.98 Å². The Kier molecular flexibility index (Phi) is 7.53. The molecule has 0 radical (unpaired) electrons. The van der Waals surface area contributed by atoms with Gasteiger partial charge in [-0.2, -0.15) is 26.3 Å². The van der Waals surface area contributed by atoms with Crippen LogP contribution in [0.5, 0.6) is 0 Å². The van der Waals surface area contributed by atoms with E-state index in [4.69, 9.17) is 0 Å². The lowest BCUT2D eigenvalue weighted by molar-refractivity contribution is -0.143. The number of halogens is 6. The molecule has 0 fully saturated rings. The number of ketones is 1. The quantitative estimate of drug-likeness (QED) is 0.392. The minimum atomic E-state index is -5.20. The first-order valence-electron chi connectivity index (χ1n) is 10.1. The lowest BCUT2D eigenvalue weighted by atomic mass is 10.0. The second-order valence-corrected chi connectivity index (χ2v) is 9.23. The summed E-state index contributed by atoms with van der Waals surface area (Å²) in [6, 6.07) is 8.98. The minimum Gasteiger partial charge on any atom is -0.299 e. The summed E-state index contributed by atoms with van der Waals surface area (Å²) < 4.78 is 106. The normalized spacial score (nSPS) is 12.4. The van der Waals surface area contributed by atoms with Crippen molar-refractivity contribution in [2.75, 3.05) is 4.72 Å². The summed E-state index contributed by atoms with van der Waals surface area (Å²) in [5, 5.41) is 0. The molecule has 186 valence electrons. The molecule has 35 heavy (non-hydrogen) atoms. The number of benzene rings is 2. The van der Waals surface area contributed by atoms with Crippen LogP contribution in [0.2, 0.25) is 0 Å². The van der Waals surface area contributed by atoms with Gasteiger partial charge in [-0.3, -0.25) is 14.5 Å². The van der Waals surface area contributed by atoms with Crippen LogP contribution in [0.15, 0.2) is 71.9 Å². The number of carbonyl (C=O) groups excluding carboxylic acids is 1. The molecule has 1 aromatic heterocycles. The Morgan fingerprint density at radius 3 is 2.03 bits per heavy atom. The van der Waals surface area contributed by atoms with E-state index < -0.39 is 38.4 Å². The van der Waals surface area contributed by atoms with E-state index in [0.29, 0.717) is 12.0 Å². The number of sulfonamides is 1. The number of anilines is 1. The number of Topliss-reactive ketones (excluding diaryl/α,β-unsaturated/α-hetero) is 1. The van der Waals surface area contributed by atoms with Crippen LogP contribution in [0.1, 0.15) is 28.7 Å². The summed E-state index contributed by atoms with van der Waals surface area (Å²) in [4.78, 5) is 14.5. The van der Waals surface area contributed by atoms with Gasteiger partial charge >= 0.3 is 12.4 Å². The van der Waals surface area contributed by atoms with Gasteiger partial charge in [0, 0.05) is 30.9 Å². The molecule has 0 saturated heterocycles. The molecule has 0 amide bonds. The zero-order chi connectivity index (χ0) is 25.9. The number of alkyl halides is 6. The third-order valence-corrected chi connectivity index (χ3v) is 6.37. The van der Waals surface area contributed by atoms with Crippen LogP contribution in [0.4, 0.5) is 32.0 Å². The van der Waals surface area contributed by atoms with Crippen LogP contribution < -0.4 is 4.72 Å². The molecule has 0 spiro atoms. The van der Waals surface area contributed by atoms with Gasteiger partial charge in [0.15, 0.2) is 0 Å². The van der Waals surface area contributed by atoms with Crippen molar-refractivity contribution < 1.29 is 39.6 Å². The van der Waals surface area contributed by atoms with Crippen LogP contribution in [-0.2, 0) is 40.0 Å². The lowest BCUT2D eigenvalue weighted by Gasteiger charge is -2.17. The average molecular weight is 516 g/mol.